The summed E-state index contributed by atoms with van der Waals surface area (Å²) in [5.41, 5.74) is 2.04. The summed E-state index contributed by atoms with van der Waals surface area (Å²) < 4.78 is 5.55. The fraction of sp³-hybridized carbons (Fsp3) is 0.562. The number of anilines is 2. The van der Waals surface area contributed by atoms with E-state index in [1.165, 1.54) is 5.69 Å². The number of nitrogens with zero attached hydrogens (tertiary/aromatic N) is 1. The number of morpholine rings is 1. The highest BCUT2D eigenvalue weighted by molar-refractivity contribution is 7.98. The van der Waals surface area contributed by atoms with Crippen molar-refractivity contribution < 1.29 is 9.53 Å². The second kappa shape index (κ2) is 7.71. The Morgan fingerprint density at radius 3 is 2.81 bits per heavy atom. The summed E-state index contributed by atoms with van der Waals surface area (Å²) in [5.74, 6) is 0.951. The molecule has 1 aliphatic rings. The quantitative estimate of drug-likeness (QED) is 0.908. The lowest BCUT2D eigenvalue weighted by atomic mass is 10.2. The van der Waals surface area contributed by atoms with Crippen LogP contribution in [-0.4, -0.2) is 43.7 Å². The van der Waals surface area contributed by atoms with Crippen molar-refractivity contribution in [2.45, 2.75) is 20.0 Å². The van der Waals surface area contributed by atoms with E-state index in [-0.39, 0.29) is 17.9 Å². The summed E-state index contributed by atoms with van der Waals surface area (Å²) in [6.07, 6.45) is 2.28. The van der Waals surface area contributed by atoms with Crippen LogP contribution in [0.2, 0.25) is 0 Å². The first-order chi connectivity index (χ1) is 10.1. The maximum absolute atomic E-state index is 12.0. The highest BCUT2D eigenvalue weighted by Gasteiger charge is 2.17. The van der Waals surface area contributed by atoms with E-state index in [0.717, 1.165) is 31.1 Å². The van der Waals surface area contributed by atoms with Crippen molar-refractivity contribution in [2.24, 2.45) is 5.92 Å². The van der Waals surface area contributed by atoms with Crippen LogP contribution in [0.5, 0.6) is 0 Å². The normalized spacial score (nSPS) is 20.1. The van der Waals surface area contributed by atoms with Gasteiger partial charge in [-0.15, -0.1) is 0 Å². The molecule has 2 unspecified atom stereocenters. The number of amides is 1. The van der Waals surface area contributed by atoms with Crippen LogP contribution in [0.4, 0.5) is 11.4 Å². The Morgan fingerprint density at radius 2 is 2.19 bits per heavy atom. The van der Waals surface area contributed by atoms with Gasteiger partial charge in [0.15, 0.2) is 0 Å². The van der Waals surface area contributed by atoms with Crippen LogP contribution in [0, 0.1) is 5.92 Å². The Balaban J connectivity index is 1.94. The predicted molar refractivity (Wildman–Crippen MR) is 90.2 cm³/mol. The second-order valence-electron chi connectivity index (χ2n) is 5.52. The Morgan fingerprint density at radius 1 is 1.48 bits per heavy atom. The summed E-state index contributed by atoms with van der Waals surface area (Å²) in [6.45, 7) is 6.65. The number of rotatable bonds is 5. The molecule has 1 aromatic carbocycles. The van der Waals surface area contributed by atoms with Crippen molar-refractivity contribution in [3.63, 3.8) is 0 Å². The van der Waals surface area contributed by atoms with E-state index < -0.39 is 0 Å². The Labute approximate surface area is 131 Å². The minimum absolute atomic E-state index is 0.0276. The van der Waals surface area contributed by atoms with E-state index in [1.807, 2.05) is 25.3 Å². The Bertz CT molecular complexity index is 464. The molecule has 1 N–H and O–H groups in total. The number of benzene rings is 1. The molecule has 5 heteroatoms. The van der Waals surface area contributed by atoms with Gasteiger partial charge in [-0.1, -0.05) is 6.92 Å². The zero-order chi connectivity index (χ0) is 15.2. The summed E-state index contributed by atoms with van der Waals surface area (Å²) in [5, 5.41) is 2.97. The Kier molecular flexibility index (Phi) is 5.94. The van der Waals surface area contributed by atoms with Gasteiger partial charge in [-0.25, -0.2) is 0 Å². The third-order valence-electron chi connectivity index (χ3n) is 3.61. The molecule has 0 aliphatic carbocycles. The minimum Gasteiger partial charge on any atom is -0.375 e. The predicted octanol–water partition coefficient (Wildman–Crippen LogP) is 2.85. The second-order valence-corrected chi connectivity index (χ2v) is 6.43. The van der Waals surface area contributed by atoms with E-state index in [9.17, 15) is 4.79 Å². The van der Waals surface area contributed by atoms with E-state index >= 15 is 0 Å². The Hall–Kier alpha value is -1.20. The summed E-state index contributed by atoms with van der Waals surface area (Å²) >= 11 is 1.69. The fourth-order valence-corrected chi connectivity index (χ4v) is 3.05. The molecule has 0 saturated carbocycles. The van der Waals surface area contributed by atoms with Crippen molar-refractivity contribution in [1.29, 1.82) is 0 Å². The van der Waals surface area contributed by atoms with Gasteiger partial charge in [0.05, 0.1) is 12.7 Å². The number of carbonyl (C=O) groups is 1. The number of ether oxygens (including phenoxy) is 1. The van der Waals surface area contributed by atoms with Crippen molar-refractivity contribution >= 4 is 29.0 Å². The SMILES string of the molecule is CSCC(C)C(=O)Nc1ccc(N2CCOC(C)C2)cc1. The first kappa shape index (κ1) is 16.2. The van der Waals surface area contributed by atoms with Crippen LogP contribution >= 0.6 is 11.8 Å². The average Bonchev–Trinajstić information content (AvgIpc) is 2.48. The molecule has 2 rings (SSSR count). The fourth-order valence-electron chi connectivity index (χ4n) is 2.40. The van der Waals surface area contributed by atoms with Gasteiger partial charge in [0.1, 0.15) is 0 Å². The number of hydrogen-bond donors (Lipinski definition) is 1. The van der Waals surface area contributed by atoms with Crippen LogP contribution in [-0.2, 0) is 9.53 Å². The molecule has 1 fully saturated rings. The molecule has 0 aromatic heterocycles. The highest BCUT2D eigenvalue weighted by Crippen LogP contribution is 2.21. The lowest BCUT2D eigenvalue weighted by Gasteiger charge is -2.33. The summed E-state index contributed by atoms with van der Waals surface area (Å²) in [4.78, 5) is 14.3. The molecule has 21 heavy (non-hydrogen) atoms. The zero-order valence-corrected chi connectivity index (χ0v) is 13.8. The van der Waals surface area contributed by atoms with Crippen LogP contribution in [0.15, 0.2) is 24.3 Å². The largest absolute Gasteiger partial charge is 0.375 e. The third kappa shape index (κ3) is 4.64. The van der Waals surface area contributed by atoms with Crippen LogP contribution < -0.4 is 10.2 Å². The molecule has 1 saturated heterocycles. The van der Waals surface area contributed by atoms with Gasteiger partial charge in [-0.3, -0.25) is 4.79 Å². The van der Waals surface area contributed by atoms with Crippen LogP contribution in [0.3, 0.4) is 0 Å². The minimum atomic E-state index is 0.0276. The van der Waals surface area contributed by atoms with Crippen molar-refractivity contribution in [3.8, 4) is 0 Å². The lowest BCUT2D eigenvalue weighted by molar-refractivity contribution is -0.118. The molecule has 1 heterocycles. The molecule has 1 amide bonds. The molecule has 116 valence electrons. The zero-order valence-electron chi connectivity index (χ0n) is 13.0. The summed E-state index contributed by atoms with van der Waals surface area (Å²) in [6, 6.07) is 8.07. The van der Waals surface area contributed by atoms with Gasteiger partial charge in [0.2, 0.25) is 5.91 Å². The molecule has 0 radical (unpaired) electrons. The third-order valence-corrected chi connectivity index (χ3v) is 4.44. The van der Waals surface area contributed by atoms with Crippen molar-refractivity contribution in [1.82, 2.24) is 0 Å². The average molecular weight is 308 g/mol. The monoisotopic (exact) mass is 308 g/mol. The van der Waals surface area contributed by atoms with E-state index in [0.29, 0.717) is 0 Å². The summed E-state index contributed by atoms with van der Waals surface area (Å²) in [7, 11) is 0. The number of hydrogen-bond acceptors (Lipinski definition) is 4. The molecule has 1 aromatic rings. The van der Waals surface area contributed by atoms with Gasteiger partial charge >= 0.3 is 0 Å². The number of thioether (sulfide) groups is 1. The first-order valence-electron chi connectivity index (χ1n) is 7.36. The smallest absolute Gasteiger partial charge is 0.228 e. The molecule has 2 atom stereocenters. The van der Waals surface area contributed by atoms with E-state index in [2.05, 4.69) is 29.3 Å². The number of carbonyl (C=O) groups excluding carboxylic acids is 1. The topological polar surface area (TPSA) is 41.6 Å². The van der Waals surface area contributed by atoms with Gasteiger partial charge < -0.3 is 15.0 Å². The molecular formula is C16H24N2O2S. The van der Waals surface area contributed by atoms with Crippen LogP contribution in [0.1, 0.15) is 13.8 Å². The molecule has 1 aliphatic heterocycles. The maximum Gasteiger partial charge on any atom is 0.228 e. The van der Waals surface area contributed by atoms with E-state index in [4.69, 9.17) is 4.74 Å². The van der Waals surface area contributed by atoms with Gasteiger partial charge in [-0.2, -0.15) is 11.8 Å². The maximum atomic E-state index is 12.0. The first-order valence-corrected chi connectivity index (χ1v) is 8.76. The van der Waals surface area contributed by atoms with Crippen LogP contribution in [0.25, 0.3) is 0 Å². The van der Waals surface area contributed by atoms with E-state index in [1.54, 1.807) is 11.8 Å². The molecular weight excluding hydrogens is 284 g/mol. The lowest BCUT2D eigenvalue weighted by Crippen LogP contribution is -2.41. The van der Waals surface area contributed by atoms with Gasteiger partial charge in [-0.05, 0) is 37.4 Å². The molecule has 0 spiro atoms. The van der Waals surface area contributed by atoms with Gasteiger partial charge in [0.25, 0.3) is 0 Å². The number of nitrogens with one attached hydrogen (secondary N) is 1. The standard InChI is InChI=1S/C16H24N2O2S/c1-12(11-21-3)16(19)17-14-4-6-15(7-5-14)18-8-9-20-13(2)10-18/h4-7,12-13H,8-11H2,1-3H3,(H,17,19). The van der Waals surface area contributed by atoms with Gasteiger partial charge in [0, 0.05) is 36.1 Å². The van der Waals surface area contributed by atoms with Crippen molar-refractivity contribution in [3.05, 3.63) is 24.3 Å². The molecule has 0 bridgehead atoms. The van der Waals surface area contributed by atoms with Crippen molar-refractivity contribution in [2.75, 3.05) is 41.9 Å². The molecule has 4 nitrogen and oxygen atoms in total. The highest BCUT2D eigenvalue weighted by atomic mass is 32.2.